The van der Waals surface area contributed by atoms with Gasteiger partial charge in [0, 0.05) is 19.2 Å². The maximum atomic E-state index is 10.5. The van der Waals surface area contributed by atoms with Crippen molar-refractivity contribution in [3.05, 3.63) is 28.4 Å². The molecule has 1 aromatic rings. The first kappa shape index (κ1) is 15.4. The third kappa shape index (κ3) is 4.17. The van der Waals surface area contributed by atoms with Gasteiger partial charge in [0.1, 0.15) is 12.0 Å². The van der Waals surface area contributed by atoms with E-state index in [1.165, 1.54) is 12.3 Å². The van der Waals surface area contributed by atoms with Gasteiger partial charge in [0.2, 0.25) is 0 Å². The smallest absolute Gasteiger partial charge is 0.287 e. The highest BCUT2D eigenvalue weighted by Gasteiger charge is 2.23. The molecule has 2 rings (SSSR count). The zero-order chi connectivity index (χ0) is 14.4. The predicted octanol–water partition coefficient (Wildman–Crippen LogP) is 2.63. The van der Waals surface area contributed by atoms with E-state index in [1.807, 2.05) is 27.7 Å². The van der Waals surface area contributed by atoms with Crippen molar-refractivity contribution in [2.75, 3.05) is 18.0 Å². The average Bonchev–Trinajstić information content (AvgIpc) is 2.40. The molecule has 0 aromatic carbocycles. The molecule has 2 heterocycles. The second-order valence-corrected chi connectivity index (χ2v) is 4.29. The molecule has 1 saturated heterocycles. The molecule has 0 saturated carbocycles. The first-order chi connectivity index (χ1) is 9.06. The first-order valence-corrected chi connectivity index (χ1v) is 6.57. The van der Waals surface area contributed by atoms with E-state index in [0.29, 0.717) is 0 Å². The molecule has 0 N–H and O–H groups in total. The Hall–Kier alpha value is -1.69. The van der Waals surface area contributed by atoms with Gasteiger partial charge in [0.25, 0.3) is 5.69 Å². The fourth-order valence-corrected chi connectivity index (χ4v) is 2.04. The van der Waals surface area contributed by atoms with Crippen molar-refractivity contribution in [1.82, 2.24) is 4.98 Å². The number of rotatable bonds is 2. The molecule has 0 aliphatic carbocycles. The average molecular weight is 267 g/mol. The van der Waals surface area contributed by atoms with Gasteiger partial charge in [-0.25, -0.2) is 4.98 Å². The largest absolute Gasteiger partial charge is 0.372 e. The number of anilines is 1. The normalized spacial score (nSPS) is 22.4. The first-order valence-electron chi connectivity index (χ1n) is 6.57. The molecule has 1 fully saturated rings. The molecule has 2 atom stereocenters. The van der Waals surface area contributed by atoms with Crippen LogP contribution in [0.15, 0.2) is 18.3 Å². The topological polar surface area (TPSA) is 68.5 Å². The van der Waals surface area contributed by atoms with Crippen LogP contribution in [0.3, 0.4) is 0 Å². The second kappa shape index (κ2) is 7.04. The van der Waals surface area contributed by atoms with Crippen LogP contribution in [0.4, 0.5) is 11.5 Å². The fourth-order valence-electron chi connectivity index (χ4n) is 2.04. The molecule has 1 aromatic heterocycles. The Kier molecular flexibility index (Phi) is 5.69. The van der Waals surface area contributed by atoms with Crippen LogP contribution in [0.1, 0.15) is 27.7 Å². The molecule has 1 unspecified atom stereocenters. The van der Waals surface area contributed by atoms with E-state index >= 15 is 0 Å². The second-order valence-electron chi connectivity index (χ2n) is 4.29. The predicted molar refractivity (Wildman–Crippen MR) is 74.5 cm³/mol. The summed E-state index contributed by atoms with van der Waals surface area (Å²) in [4.78, 5) is 16.3. The molecule has 0 spiro atoms. The minimum atomic E-state index is -0.443. The lowest BCUT2D eigenvalue weighted by molar-refractivity contribution is -0.385. The SMILES string of the molecule is CC.CC1CN(c2ccc([N+](=O)[O-])cn2)C[C@@H](C)O1. The summed E-state index contributed by atoms with van der Waals surface area (Å²) in [5.74, 6) is 0.762. The van der Waals surface area contributed by atoms with E-state index in [1.54, 1.807) is 6.07 Å². The van der Waals surface area contributed by atoms with Crippen molar-refractivity contribution >= 4 is 11.5 Å². The van der Waals surface area contributed by atoms with E-state index in [0.717, 1.165) is 18.9 Å². The van der Waals surface area contributed by atoms with Crippen molar-refractivity contribution in [3.8, 4) is 0 Å². The lowest BCUT2D eigenvalue weighted by atomic mass is 10.2. The summed E-state index contributed by atoms with van der Waals surface area (Å²) in [6, 6.07) is 3.16. The van der Waals surface area contributed by atoms with Crippen LogP contribution in [0.2, 0.25) is 0 Å². The molecule has 0 radical (unpaired) electrons. The molecular formula is C13H21N3O3. The lowest BCUT2D eigenvalue weighted by Gasteiger charge is -2.35. The summed E-state index contributed by atoms with van der Waals surface area (Å²) in [5.41, 5.74) is 0.0168. The van der Waals surface area contributed by atoms with Gasteiger partial charge in [0.05, 0.1) is 17.1 Å². The highest BCUT2D eigenvalue weighted by atomic mass is 16.6. The monoisotopic (exact) mass is 267 g/mol. The molecule has 6 nitrogen and oxygen atoms in total. The van der Waals surface area contributed by atoms with Crippen LogP contribution in [0.25, 0.3) is 0 Å². The summed E-state index contributed by atoms with van der Waals surface area (Å²) in [6.45, 7) is 9.53. The molecule has 1 aliphatic heterocycles. The number of pyridine rings is 1. The summed E-state index contributed by atoms with van der Waals surface area (Å²) in [6.07, 6.45) is 1.59. The Balaban J connectivity index is 0.000000861. The van der Waals surface area contributed by atoms with Crippen molar-refractivity contribution in [2.45, 2.75) is 39.9 Å². The van der Waals surface area contributed by atoms with Gasteiger partial charge in [-0.2, -0.15) is 0 Å². The van der Waals surface area contributed by atoms with Gasteiger partial charge in [-0.15, -0.1) is 0 Å². The molecule has 19 heavy (non-hydrogen) atoms. The van der Waals surface area contributed by atoms with Crippen LogP contribution in [-0.2, 0) is 4.74 Å². The molecule has 6 heteroatoms. The standard InChI is InChI=1S/C11H15N3O3.C2H6/c1-8-6-13(7-9(2)17-8)11-4-3-10(5-12-11)14(15)16;1-2/h3-5,8-9H,6-7H2,1-2H3;1-2H3/t8-,9?;/m1./s1. The Labute approximate surface area is 113 Å². The van der Waals surface area contributed by atoms with Crippen LogP contribution in [0, 0.1) is 10.1 Å². The summed E-state index contributed by atoms with van der Waals surface area (Å²) >= 11 is 0. The van der Waals surface area contributed by atoms with Gasteiger partial charge in [-0.05, 0) is 19.9 Å². The maximum absolute atomic E-state index is 10.5. The Morgan fingerprint density at radius 3 is 2.32 bits per heavy atom. The van der Waals surface area contributed by atoms with Crippen LogP contribution >= 0.6 is 0 Å². The van der Waals surface area contributed by atoms with E-state index in [2.05, 4.69) is 9.88 Å². The number of hydrogen-bond donors (Lipinski definition) is 0. The van der Waals surface area contributed by atoms with Crippen molar-refractivity contribution in [3.63, 3.8) is 0 Å². The highest BCUT2D eigenvalue weighted by Crippen LogP contribution is 2.20. The van der Waals surface area contributed by atoms with Gasteiger partial charge < -0.3 is 9.64 Å². The molecule has 0 bridgehead atoms. The van der Waals surface area contributed by atoms with Crippen molar-refractivity contribution < 1.29 is 9.66 Å². The molecular weight excluding hydrogens is 246 g/mol. The van der Waals surface area contributed by atoms with Crippen LogP contribution in [-0.4, -0.2) is 35.2 Å². The third-order valence-electron chi connectivity index (χ3n) is 2.69. The van der Waals surface area contributed by atoms with E-state index in [9.17, 15) is 10.1 Å². The fraction of sp³-hybridized carbons (Fsp3) is 0.615. The van der Waals surface area contributed by atoms with Crippen LogP contribution in [0.5, 0.6) is 0 Å². The summed E-state index contributed by atoms with van der Waals surface area (Å²) < 4.78 is 5.62. The van der Waals surface area contributed by atoms with E-state index in [4.69, 9.17) is 4.74 Å². The lowest BCUT2D eigenvalue weighted by Crippen LogP contribution is -2.45. The van der Waals surface area contributed by atoms with Gasteiger partial charge in [0.15, 0.2) is 0 Å². The minimum absolute atomic E-state index is 0.0168. The minimum Gasteiger partial charge on any atom is -0.372 e. The van der Waals surface area contributed by atoms with Gasteiger partial charge in [-0.3, -0.25) is 10.1 Å². The molecule has 0 amide bonds. The quantitative estimate of drug-likeness (QED) is 0.608. The number of nitro groups is 1. The number of aromatic nitrogens is 1. The number of nitrogens with zero attached hydrogens (tertiary/aromatic N) is 3. The van der Waals surface area contributed by atoms with Gasteiger partial charge in [-0.1, -0.05) is 13.8 Å². The number of hydrogen-bond acceptors (Lipinski definition) is 5. The Morgan fingerprint density at radius 2 is 1.89 bits per heavy atom. The zero-order valence-electron chi connectivity index (χ0n) is 11.9. The summed E-state index contributed by atoms with van der Waals surface area (Å²) in [5, 5.41) is 10.5. The van der Waals surface area contributed by atoms with Crippen LogP contribution < -0.4 is 4.90 Å². The highest BCUT2D eigenvalue weighted by molar-refractivity contribution is 5.43. The molecule has 1 aliphatic rings. The zero-order valence-corrected chi connectivity index (χ0v) is 11.9. The van der Waals surface area contributed by atoms with Crippen molar-refractivity contribution in [1.29, 1.82) is 0 Å². The number of morpholine rings is 1. The van der Waals surface area contributed by atoms with Crippen molar-refractivity contribution in [2.24, 2.45) is 0 Å². The third-order valence-corrected chi connectivity index (χ3v) is 2.69. The maximum Gasteiger partial charge on any atom is 0.287 e. The Bertz CT molecular complexity index is 398. The summed E-state index contributed by atoms with van der Waals surface area (Å²) in [7, 11) is 0. The van der Waals surface area contributed by atoms with E-state index in [-0.39, 0.29) is 17.9 Å². The van der Waals surface area contributed by atoms with E-state index < -0.39 is 4.92 Å². The molecule has 106 valence electrons. The van der Waals surface area contributed by atoms with Gasteiger partial charge >= 0.3 is 0 Å². The number of ether oxygens (including phenoxy) is 1. The Morgan fingerprint density at radius 1 is 1.32 bits per heavy atom.